The zero-order valence-corrected chi connectivity index (χ0v) is 12.6. The molecule has 1 N–H and O–H groups in total. The number of anilines is 1. The van der Waals surface area contributed by atoms with Crippen LogP contribution in [-0.2, 0) is 4.74 Å². The minimum atomic E-state index is 0.690. The van der Waals surface area contributed by atoms with Gasteiger partial charge in [0.15, 0.2) is 0 Å². The largest absolute Gasteiger partial charge is 0.385 e. The molecule has 1 saturated heterocycles. The summed E-state index contributed by atoms with van der Waals surface area (Å²) in [6.07, 6.45) is 9.92. The van der Waals surface area contributed by atoms with E-state index >= 15 is 0 Å². The Morgan fingerprint density at radius 1 is 1.20 bits per heavy atom. The maximum absolute atomic E-state index is 5.06. The highest BCUT2D eigenvalue weighted by Crippen LogP contribution is 2.18. The van der Waals surface area contributed by atoms with E-state index in [-0.39, 0.29) is 0 Å². The van der Waals surface area contributed by atoms with Crippen LogP contribution in [-0.4, -0.2) is 44.4 Å². The standard InChI is InChI=1S/C16H27N3O/c1-20-14-4-2-3-9-18-15-7-12-19(13-8-15)16-5-10-17-11-6-16/h5-6,10-11,15,18H,2-4,7-9,12-14H2,1H3. The predicted molar refractivity (Wildman–Crippen MR) is 83.2 cm³/mol. The normalized spacial score (nSPS) is 16.6. The van der Waals surface area contributed by atoms with Crippen molar-refractivity contribution in [3.63, 3.8) is 0 Å². The monoisotopic (exact) mass is 277 g/mol. The molecule has 1 aliphatic heterocycles. The minimum Gasteiger partial charge on any atom is -0.385 e. The molecule has 0 amide bonds. The fraction of sp³-hybridized carbons (Fsp3) is 0.688. The van der Waals surface area contributed by atoms with E-state index in [2.05, 4.69) is 27.3 Å². The molecule has 112 valence electrons. The molecule has 2 heterocycles. The zero-order valence-electron chi connectivity index (χ0n) is 12.6. The van der Waals surface area contributed by atoms with Gasteiger partial charge in [0.25, 0.3) is 0 Å². The van der Waals surface area contributed by atoms with E-state index in [1.165, 1.54) is 37.8 Å². The molecule has 4 heteroatoms. The number of nitrogens with one attached hydrogen (secondary N) is 1. The fourth-order valence-electron chi connectivity index (χ4n) is 2.75. The lowest BCUT2D eigenvalue weighted by molar-refractivity contribution is 0.192. The van der Waals surface area contributed by atoms with E-state index < -0.39 is 0 Å². The number of unbranched alkanes of at least 4 members (excludes halogenated alkanes) is 2. The van der Waals surface area contributed by atoms with Crippen LogP contribution in [0.1, 0.15) is 32.1 Å². The highest BCUT2D eigenvalue weighted by atomic mass is 16.5. The summed E-state index contributed by atoms with van der Waals surface area (Å²) in [4.78, 5) is 6.54. The van der Waals surface area contributed by atoms with Crippen molar-refractivity contribution < 1.29 is 4.74 Å². The number of nitrogens with zero attached hydrogens (tertiary/aromatic N) is 2. The second kappa shape index (κ2) is 8.93. The molecule has 0 bridgehead atoms. The molecule has 1 aliphatic rings. The first kappa shape index (κ1) is 15.3. The summed E-state index contributed by atoms with van der Waals surface area (Å²) in [5.41, 5.74) is 1.30. The Morgan fingerprint density at radius 2 is 1.95 bits per heavy atom. The molecule has 1 aromatic rings. The van der Waals surface area contributed by atoms with Gasteiger partial charge in [-0.3, -0.25) is 4.98 Å². The summed E-state index contributed by atoms with van der Waals surface area (Å²) in [5.74, 6) is 0. The molecule has 0 radical (unpaired) electrons. The van der Waals surface area contributed by atoms with Crippen molar-refractivity contribution in [2.75, 3.05) is 38.3 Å². The molecule has 0 saturated carbocycles. The van der Waals surface area contributed by atoms with Crippen LogP contribution in [0.4, 0.5) is 5.69 Å². The van der Waals surface area contributed by atoms with Gasteiger partial charge < -0.3 is 15.0 Å². The number of hydrogen-bond acceptors (Lipinski definition) is 4. The molecule has 2 rings (SSSR count). The number of hydrogen-bond donors (Lipinski definition) is 1. The van der Waals surface area contributed by atoms with Crippen molar-refractivity contribution in [2.45, 2.75) is 38.1 Å². The summed E-state index contributed by atoms with van der Waals surface area (Å²) in [6.45, 7) is 4.32. The maximum Gasteiger partial charge on any atom is 0.0462 e. The number of methoxy groups -OCH3 is 1. The summed E-state index contributed by atoms with van der Waals surface area (Å²) < 4.78 is 5.06. The molecule has 20 heavy (non-hydrogen) atoms. The molecule has 0 spiro atoms. The lowest BCUT2D eigenvalue weighted by Gasteiger charge is -2.34. The third kappa shape index (κ3) is 5.10. The molecule has 0 aromatic carbocycles. The molecule has 4 nitrogen and oxygen atoms in total. The first-order valence-corrected chi connectivity index (χ1v) is 7.77. The van der Waals surface area contributed by atoms with E-state index in [1.807, 2.05) is 12.4 Å². The average molecular weight is 277 g/mol. The Kier molecular flexibility index (Phi) is 6.81. The van der Waals surface area contributed by atoms with Crippen molar-refractivity contribution in [3.05, 3.63) is 24.5 Å². The lowest BCUT2D eigenvalue weighted by atomic mass is 10.0. The number of piperidine rings is 1. The molecular weight excluding hydrogens is 250 g/mol. The van der Waals surface area contributed by atoms with Gasteiger partial charge in [-0.1, -0.05) is 0 Å². The first-order valence-electron chi connectivity index (χ1n) is 7.77. The smallest absolute Gasteiger partial charge is 0.0462 e. The Morgan fingerprint density at radius 3 is 2.65 bits per heavy atom. The van der Waals surface area contributed by atoms with Gasteiger partial charge in [-0.25, -0.2) is 0 Å². The van der Waals surface area contributed by atoms with Crippen molar-refractivity contribution in [1.29, 1.82) is 0 Å². The van der Waals surface area contributed by atoms with Crippen molar-refractivity contribution >= 4 is 5.69 Å². The minimum absolute atomic E-state index is 0.690. The van der Waals surface area contributed by atoms with Crippen LogP contribution in [0.25, 0.3) is 0 Å². The van der Waals surface area contributed by atoms with Gasteiger partial charge in [-0.2, -0.15) is 0 Å². The third-order valence-electron chi connectivity index (χ3n) is 3.98. The van der Waals surface area contributed by atoms with Crippen molar-refractivity contribution in [3.8, 4) is 0 Å². The van der Waals surface area contributed by atoms with Gasteiger partial charge in [-0.05, 0) is 50.8 Å². The van der Waals surface area contributed by atoms with Gasteiger partial charge in [0, 0.05) is 50.9 Å². The van der Waals surface area contributed by atoms with Crippen LogP contribution < -0.4 is 10.2 Å². The fourth-order valence-corrected chi connectivity index (χ4v) is 2.75. The van der Waals surface area contributed by atoms with Crippen molar-refractivity contribution in [2.24, 2.45) is 0 Å². The van der Waals surface area contributed by atoms with Crippen LogP contribution in [0.2, 0.25) is 0 Å². The van der Waals surface area contributed by atoms with Crippen LogP contribution in [0.3, 0.4) is 0 Å². The van der Waals surface area contributed by atoms with Gasteiger partial charge in [0.05, 0.1) is 0 Å². The van der Waals surface area contributed by atoms with Gasteiger partial charge in [0.1, 0.15) is 0 Å². The predicted octanol–water partition coefficient (Wildman–Crippen LogP) is 2.46. The Balaban J connectivity index is 1.58. The number of rotatable bonds is 8. The quantitative estimate of drug-likeness (QED) is 0.741. The van der Waals surface area contributed by atoms with Crippen LogP contribution >= 0.6 is 0 Å². The third-order valence-corrected chi connectivity index (χ3v) is 3.98. The van der Waals surface area contributed by atoms with E-state index in [0.29, 0.717) is 6.04 Å². The average Bonchev–Trinajstić information content (AvgIpc) is 2.52. The first-order chi connectivity index (χ1) is 9.90. The van der Waals surface area contributed by atoms with E-state index in [1.54, 1.807) is 7.11 Å². The molecule has 0 atom stereocenters. The number of ether oxygens (including phenoxy) is 1. The van der Waals surface area contributed by atoms with E-state index in [9.17, 15) is 0 Å². The molecular formula is C16H27N3O. The summed E-state index contributed by atoms with van der Waals surface area (Å²) in [7, 11) is 1.77. The van der Waals surface area contributed by atoms with Crippen LogP contribution in [0.5, 0.6) is 0 Å². The second-order valence-electron chi connectivity index (χ2n) is 5.47. The lowest BCUT2D eigenvalue weighted by Crippen LogP contribution is -2.42. The maximum atomic E-state index is 5.06. The highest BCUT2D eigenvalue weighted by Gasteiger charge is 2.18. The van der Waals surface area contributed by atoms with Gasteiger partial charge in [0.2, 0.25) is 0 Å². The Bertz CT molecular complexity index is 350. The summed E-state index contributed by atoms with van der Waals surface area (Å²) in [5, 5.41) is 3.69. The van der Waals surface area contributed by atoms with Crippen LogP contribution in [0, 0.1) is 0 Å². The molecule has 0 unspecified atom stereocenters. The highest BCUT2D eigenvalue weighted by molar-refractivity contribution is 5.44. The number of aromatic nitrogens is 1. The van der Waals surface area contributed by atoms with Crippen LogP contribution in [0.15, 0.2) is 24.5 Å². The van der Waals surface area contributed by atoms with Crippen molar-refractivity contribution in [1.82, 2.24) is 10.3 Å². The van der Waals surface area contributed by atoms with E-state index in [4.69, 9.17) is 4.74 Å². The van der Waals surface area contributed by atoms with Gasteiger partial charge >= 0.3 is 0 Å². The SMILES string of the molecule is COCCCCCNC1CCN(c2ccncc2)CC1. The molecule has 1 aromatic heterocycles. The number of pyridine rings is 1. The topological polar surface area (TPSA) is 37.4 Å². The summed E-state index contributed by atoms with van der Waals surface area (Å²) >= 11 is 0. The Labute approximate surface area is 122 Å². The summed E-state index contributed by atoms with van der Waals surface area (Å²) in [6, 6.07) is 4.89. The molecule has 0 aliphatic carbocycles. The molecule has 1 fully saturated rings. The second-order valence-corrected chi connectivity index (χ2v) is 5.47. The zero-order chi connectivity index (χ0) is 14.0. The van der Waals surface area contributed by atoms with E-state index in [0.717, 1.165) is 26.2 Å². The Hall–Kier alpha value is -1.13. The van der Waals surface area contributed by atoms with Gasteiger partial charge in [-0.15, -0.1) is 0 Å².